The topological polar surface area (TPSA) is 98.4 Å². The molecule has 0 fully saturated rings. The smallest absolute Gasteiger partial charge is 0.291 e. The van der Waals surface area contributed by atoms with E-state index in [-0.39, 0.29) is 23.3 Å². The fourth-order valence-corrected chi connectivity index (χ4v) is 3.10. The Bertz CT molecular complexity index is 1300. The van der Waals surface area contributed by atoms with Gasteiger partial charge in [0.2, 0.25) is 0 Å². The highest BCUT2D eigenvalue weighted by molar-refractivity contribution is 6.32. The Labute approximate surface area is 192 Å². The van der Waals surface area contributed by atoms with Gasteiger partial charge in [-0.2, -0.15) is 5.10 Å². The van der Waals surface area contributed by atoms with Crippen LogP contribution in [0.15, 0.2) is 71.3 Å². The van der Waals surface area contributed by atoms with Gasteiger partial charge in [0.05, 0.1) is 5.02 Å². The van der Waals surface area contributed by atoms with E-state index in [0.717, 1.165) is 6.07 Å². The molecule has 8 nitrogen and oxygen atoms in total. The number of rotatable bonds is 7. The average molecular weight is 469 g/mol. The number of aromatic nitrogens is 2. The van der Waals surface area contributed by atoms with Crippen molar-refractivity contribution in [1.82, 2.24) is 9.78 Å². The van der Waals surface area contributed by atoms with Gasteiger partial charge in [-0.25, -0.2) is 4.39 Å². The van der Waals surface area contributed by atoms with E-state index in [1.807, 2.05) is 0 Å². The van der Waals surface area contributed by atoms with Crippen LogP contribution in [0.4, 0.5) is 15.8 Å². The van der Waals surface area contributed by atoms with E-state index >= 15 is 0 Å². The summed E-state index contributed by atoms with van der Waals surface area (Å²) in [6.45, 7) is 0.0172. The molecule has 0 radical (unpaired) electrons. The van der Waals surface area contributed by atoms with E-state index in [1.165, 1.54) is 22.9 Å². The van der Waals surface area contributed by atoms with E-state index in [1.54, 1.807) is 49.6 Å². The number of nitrogens with zero attached hydrogens (tertiary/aromatic N) is 2. The molecule has 0 spiro atoms. The first-order chi connectivity index (χ1) is 15.9. The third kappa shape index (κ3) is 5.58. The third-order valence-corrected chi connectivity index (χ3v) is 4.79. The van der Waals surface area contributed by atoms with E-state index in [0.29, 0.717) is 28.6 Å². The number of carbonyl (C=O) groups is 2. The van der Waals surface area contributed by atoms with Gasteiger partial charge in [-0.1, -0.05) is 11.6 Å². The quantitative estimate of drug-likeness (QED) is 0.402. The number of anilines is 2. The highest BCUT2D eigenvalue weighted by atomic mass is 35.5. The third-order valence-electron chi connectivity index (χ3n) is 4.50. The maximum absolute atomic E-state index is 13.1. The average Bonchev–Trinajstić information content (AvgIpc) is 3.44. The van der Waals surface area contributed by atoms with Gasteiger partial charge >= 0.3 is 0 Å². The van der Waals surface area contributed by atoms with Crippen LogP contribution in [0.3, 0.4) is 0 Å². The normalized spacial score (nSPS) is 10.6. The monoisotopic (exact) mass is 468 g/mol. The molecule has 0 aliphatic heterocycles. The molecule has 10 heteroatoms. The number of aryl methyl sites for hydroxylation is 1. The van der Waals surface area contributed by atoms with Crippen LogP contribution in [0.1, 0.15) is 26.8 Å². The molecule has 2 aromatic carbocycles. The summed E-state index contributed by atoms with van der Waals surface area (Å²) in [5.41, 5.74) is 1.37. The molecule has 0 unspecified atom stereocenters. The molecule has 4 rings (SSSR count). The zero-order valence-electron chi connectivity index (χ0n) is 17.3. The minimum atomic E-state index is -0.465. The predicted molar refractivity (Wildman–Crippen MR) is 120 cm³/mol. The predicted octanol–water partition coefficient (Wildman–Crippen LogP) is 4.89. The van der Waals surface area contributed by atoms with Gasteiger partial charge in [-0.05, 0) is 60.7 Å². The SMILES string of the molecule is Cn1ccc(C(=O)Nc2ccc(NC(=O)c3ccc(COc4ccc(F)cc4Cl)o3)cc2)n1. The fourth-order valence-electron chi connectivity index (χ4n) is 2.88. The summed E-state index contributed by atoms with van der Waals surface area (Å²) in [7, 11) is 1.73. The molecule has 0 saturated heterocycles. The van der Waals surface area contributed by atoms with Gasteiger partial charge in [0.1, 0.15) is 23.9 Å². The fraction of sp³-hybridized carbons (Fsp3) is 0.0870. The summed E-state index contributed by atoms with van der Waals surface area (Å²) in [5.74, 6) is -0.464. The van der Waals surface area contributed by atoms with Gasteiger partial charge in [-0.3, -0.25) is 14.3 Å². The van der Waals surface area contributed by atoms with Crippen molar-refractivity contribution >= 4 is 34.8 Å². The molecule has 2 N–H and O–H groups in total. The summed E-state index contributed by atoms with van der Waals surface area (Å²) in [4.78, 5) is 24.6. The van der Waals surface area contributed by atoms with Crippen LogP contribution >= 0.6 is 11.6 Å². The maximum Gasteiger partial charge on any atom is 0.291 e. The minimum absolute atomic E-state index is 0.0172. The van der Waals surface area contributed by atoms with Gasteiger partial charge in [0, 0.05) is 24.6 Å². The van der Waals surface area contributed by atoms with Crippen LogP contribution < -0.4 is 15.4 Å². The molecule has 0 bridgehead atoms. The zero-order valence-corrected chi connectivity index (χ0v) is 18.1. The highest BCUT2D eigenvalue weighted by Gasteiger charge is 2.13. The number of carbonyl (C=O) groups excluding carboxylic acids is 2. The molecule has 0 saturated carbocycles. The van der Waals surface area contributed by atoms with E-state index in [2.05, 4.69) is 15.7 Å². The molecule has 0 aliphatic rings. The second-order valence-corrected chi connectivity index (χ2v) is 7.40. The van der Waals surface area contributed by atoms with E-state index in [4.69, 9.17) is 20.8 Å². The van der Waals surface area contributed by atoms with Crippen molar-refractivity contribution in [3.05, 3.63) is 94.9 Å². The number of amides is 2. The minimum Gasteiger partial charge on any atom is -0.484 e. The molecule has 33 heavy (non-hydrogen) atoms. The lowest BCUT2D eigenvalue weighted by Crippen LogP contribution is -2.13. The highest BCUT2D eigenvalue weighted by Crippen LogP contribution is 2.26. The van der Waals surface area contributed by atoms with Crippen molar-refractivity contribution < 1.29 is 23.1 Å². The lowest BCUT2D eigenvalue weighted by molar-refractivity contribution is 0.0990. The zero-order chi connectivity index (χ0) is 23.4. The number of halogens is 2. The number of ether oxygens (including phenoxy) is 1. The number of hydrogen-bond acceptors (Lipinski definition) is 5. The lowest BCUT2D eigenvalue weighted by Gasteiger charge is -2.07. The number of nitrogens with one attached hydrogen (secondary N) is 2. The van der Waals surface area contributed by atoms with Crippen molar-refractivity contribution in [2.24, 2.45) is 7.05 Å². The Morgan fingerprint density at radius 1 is 1.03 bits per heavy atom. The van der Waals surface area contributed by atoms with Crippen LogP contribution in [-0.2, 0) is 13.7 Å². The van der Waals surface area contributed by atoms with Gasteiger partial charge in [-0.15, -0.1) is 0 Å². The Kier molecular flexibility index (Phi) is 6.41. The second kappa shape index (κ2) is 9.58. The molecule has 2 heterocycles. The largest absolute Gasteiger partial charge is 0.484 e. The Morgan fingerprint density at radius 3 is 2.36 bits per heavy atom. The molecule has 0 aliphatic carbocycles. The molecular formula is C23H18ClFN4O4. The summed E-state index contributed by atoms with van der Waals surface area (Å²) < 4.78 is 25.7. The molecule has 2 amide bonds. The molecular weight excluding hydrogens is 451 g/mol. The standard InChI is InChI=1S/C23H18ClFN4O4/c1-29-11-10-19(28-29)22(30)26-15-3-5-16(6-4-15)27-23(31)21-9-7-17(33-21)13-32-20-8-2-14(25)12-18(20)24/h2-12H,13H2,1H3,(H,26,30)(H,27,31). The lowest BCUT2D eigenvalue weighted by atomic mass is 10.2. The van der Waals surface area contributed by atoms with E-state index in [9.17, 15) is 14.0 Å². The van der Waals surface area contributed by atoms with Crippen molar-refractivity contribution in [3.8, 4) is 5.75 Å². The van der Waals surface area contributed by atoms with Gasteiger partial charge in [0.25, 0.3) is 11.8 Å². The van der Waals surface area contributed by atoms with Crippen molar-refractivity contribution in [3.63, 3.8) is 0 Å². The van der Waals surface area contributed by atoms with Crippen molar-refractivity contribution in [2.45, 2.75) is 6.61 Å². The van der Waals surface area contributed by atoms with Crippen molar-refractivity contribution in [1.29, 1.82) is 0 Å². The first-order valence-corrected chi connectivity index (χ1v) is 10.1. The van der Waals surface area contributed by atoms with E-state index < -0.39 is 11.7 Å². The number of furan rings is 1. The molecule has 4 aromatic rings. The first-order valence-electron chi connectivity index (χ1n) is 9.76. The molecule has 0 atom stereocenters. The first kappa shape index (κ1) is 22.1. The molecule has 2 aromatic heterocycles. The maximum atomic E-state index is 13.1. The summed E-state index contributed by atoms with van der Waals surface area (Å²) in [6.07, 6.45) is 1.68. The second-order valence-electron chi connectivity index (χ2n) is 6.99. The summed E-state index contributed by atoms with van der Waals surface area (Å²) in [5, 5.41) is 9.63. The Hall–Kier alpha value is -4.11. The Morgan fingerprint density at radius 2 is 1.73 bits per heavy atom. The number of hydrogen-bond donors (Lipinski definition) is 2. The Balaban J connectivity index is 1.32. The van der Waals surface area contributed by atoms with Gasteiger partial charge < -0.3 is 19.8 Å². The summed E-state index contributed by atoms with van der Waals surface area (Å²) >= 11 is 5.93. The van der Waals surface area contributed by atoms with Crippen LogP contribution in [0.5, 0.6) is 5.75 Å². The van der Waals surface area contributed by atoms with Crippen LogP contribution in [0, 0.1) is 5.82 Å². The van der Waals surface area contributed by atoms with Gasteiger partial charge in [0.15, 0.2) is 11.5 Å². The van der Waals surface area contributed by atoms with Crippen LogP contribution in [0.25, 0.3) is 0 Å². The van der Waals surface area contributed by atoms with Crippen LogP contribution in [0.2, 0.25) is 5.02 Å². The molecule has 168 valence electrons. The van der Waals surface area contributed by atoms with Crippen molar-refractivity contribution in [2.75, 3.05) is 10.6 Å². The van der Waals surface area contributed by atoms with Crippen LogP contribution in [-0.4, -0.2) is 21.6 Å². The number of benzene rings is 2. The summed E-state index contributed by atoms with van der Waals surface area (Å²) in [6, 6.07) is 15.1.